The molecule has 115 heavy (non-hydrogen) atoms. The highest BCUT2D eigenvalue weighted by atomic mass is 31.2. The van der Waals surface area contributed by atoms with E-state index in [2.05, 4.69) is 167 Å². The van der Waals surface area contributed by atoms with E-state index in [1.54, 1.807) is 0 Å². The molecule has 0 spiro atoms. The Bertz CT molecular complexity index is 2670. The van der Waals surface area contributed by atoms with Crippen LogP contribution in [0.4, 0.5) is 0 Å². The van der Waals surface area contributed by atoms with Gasteiger partial charge in [0.1, 0.15) is 25.4 Å². The molecule has 0 aliphatic rings. The molecule has 0 aliphatic carbocycles. The lowest BCUT2D eigenvalue weighted by Crippen LogP contribution is -2.30. The summed E-state index contributed by atoms with van der Waals surface area (Å²) in [7, 11) is -9.80. The number of rotatable bonds is 87. The first-order valence-corrected chi connectivity index (χ1v) is 49.1. The van der Waals surface area contributed by atoms with E-state index in [-0.39, 0.29) is 19.3 Å². The van der Waals surface area contributed by atoms with E-state index >= 15 is 0 Å². The van der Waals surface area contributed by atoms with Gasteiger partial charge in [0.15, 0.2) is 6.10 Å². The highest BCUT2D eigenvalue weighted by molar-refractivity contribution is 7.47. The number of aliphatic hydroxyl groups is 2. The van der Waals surface area contributed by atoms with Gasteiger partial charge in [-0.1, -0.05) is 378 Å². The van der Waals surface area contributed by atoms with Gasteiger partial charge < -0.3 is 34.2 Å². The van der Waals surface area contributed by atoms with Gasteiger partial charge >= 0.3 is 33.6 Å². The van der Waals surface area contributed by atoms with Gasteiger partial charge in [-0.2, -0.15) is 0 Å². The standard InChI is InChI=1S/C97H168O16P2/c1-4-7-10-13-16-19-22-25-28-30-32-34-36-38-40-42-43-44-45-46-47-49-51-52-54-56-58-60-63-65-68-71-74-77-80-83-95(100)107-86-92(98)87-109-114(103,104)110-88-93(99)89-111-115(105,106)112-91-94(113-97(102)85-82-79-76-73-70-67-62-27-24-21-18-15-12-9-6-3)90-108-96(101)84-81-78-75-72-69-66-64-61-59-57-55-53-50-48-41-39-37-35-33-31-29-26-23-20-17-14-11-8-5-2/h7-8,10-11,16-17,19-20,25-29,32-35,38-41,50,53,62,92-94,98-99H,4-6,9,12-15,18,21-24,30-31,36-37,42-49,51-52,54-61,63-91H2,1-3H3,(H,103,104)(H,105,106)/b10-7-,11-8-,19-16-,20-17-,28-25-,29-26-,34-32-,35-33-,40-38-,41-39-,53-50-,62-27-. The summed E-state index contributed by atoms with van der Waals surface area (Å²) in [6.45, 7) is 2.49. The third kappa shape index (κ3) is 90.0. The Morgan fingerprint density at radius 3 is 0.739 bits per heavy atom. The van der Waals surface area contributed by atoms with Crippen LogP contribution < -0.4 is 0 Å². The van der Waals surface area contributed by atoms with Crippen LogP contribution in [0.2, 0.25) is 0 Å². The van der Waals surface area contributed by atoms with Crippen LogP contribution in [0, 0.1) is 0 Å². The Morgan fingerprint density at radius 1 is 0.252 bits per heavy atom. The fourth-order valence-electron chi connectivity index (χ4n) is 12.6. The lowest BCUT2D eigenvalue weighted by molar-refractivity contribution is -0.161. The van der Waals surface area contributed by atoms with Crippen LogP contribution in [0.3, 0.4) is 0 Å². The molecule has 0 aliphatic heterocycles. The Labute approximate surface area is 702 Å². The average Bonchev–Trinajstić information content (AvgIpc) is 0.898. The molecule has 5 atom stereocenters. The molecule has 0 aromatic rings. The Morgan fingerprint density at radius 2 is 0.461 bits per heavy atom. The number of aliphatic hydroxyl groups excluding tert-OH is 2. The number of phosphoric ester groups is 2. The second kappa shape index (κ2) is 88.7. The first kappa shape index (κ1) is 110. The smallest absolute Gasteiger partial charge is 0.463 e. The molecule has 18 heteroatoms. The summed E-state index contributed by atoms with van der Waals surface area (Å²) in [4.78, 5) is 58.9. The molecule has 0 aromatic heterocycles. The van der Waals surface area contributed by atoms with E-state index in [0.717, 1.165) is 161 Å². The third-order valence-electron chi connectivity index (χ3n) is 19.5. The Kier molecular flexibility index (Phi) is 85.2. The van der Waals surface area contributed by atoms with Crippen molar-refractivity contribution in [3.05, 3.63) is 146 Å². The number of esters is 3. The first-order chi connectivity index (χ1) is 56.2. The van der Waals surface area contributed by atoms with Crippen molar-refractivity contribution in [3.8, 4) is 0 Å². The maximum atomic E-state index is 13.0. The molecule has 0 saturated heterocycles. The van der Waals surface area contributed by atoms with Gasteiger partial charge in [-0.25, -0.2) is 9.13 Å². The molecule has 0 saturated carbocycles. The van der Waals surface area contributed by atoms with Crippen molar-refractivity contribution in [1.82, 2.24) is 0 Å². The average molecular weight is 1650 g/mol. The van der Waals surface area contributed by atoms with E-state index in [1.165, 1.54) is 173 Å². The van der Waals surface area contributed by atoms with Crippen LogP contribution in [0.15, 0.2) is 146 Å². The second-order valence-electron chi connectivity index (χ2n) is 30.7. The van der Waals surface area contributed by atoms with Gasteiger partial charge in [0.2, 0.25) is 0 Å². The predicted molar refractivity (Wildman–Crippen MR) is 482 cm³/mol. The highest BCUT2D eigenvalue weighted by Crippen LogP contribution is 2.45. The highest BCUT2D eigenvalue weighted by Gasteiger charge is 2.29. The second-order valence-corrected chi connectivity index (χ2v) is 33.6. The summed E-state index contributed by atoms with van der Waals surface area (Å²) >= 11 is 0. The van der Waals surface area contributed by atoms with Gasteiger partial charge in [0.25, 0.3) is 0 Å². The van der Waals surface area contributed by atoms with Gasteiger partial charge in [-0.3, -0.25) is 32.5 Å². The first-order valence-electron chi connectivity index (χ1n) is 46.1. The van der Waals surface area contributed by atoms with Crippen LogP contribution in [0.5, 0.6) is 0 Å². The number of unbranched alkanes of at least 4 members (excludes halogenated alkanes) is 40. The van der Waals surface area contributed by atoms with Crippen molar-refractivity contribution in [2.45, 2.75) is 411 Å². The lowest BCUT2D eigenvalue weighted by Gasteiger charge is -2.21. The molecule has 0 heterocycles. The maximum absolute atomic E-state index is 13.0. The van der Waals surface area contributed by atoms with Gasteiger partial charge in [-0.05, 0) is 141 Å². The van der Waals surface area contributed by atoms with E-state index in [4.69, 9.17) is 32.3 Å². The Hall–Kier alpha value is -4.57. The van der Waals surface area contributed by atoms with E-state index in [9.17, 15) is 43.5 Å². The normalized spacial score (nSPS) is 14.5. The van der Waals surface area contributed by atoms with Gasteiger partial charge in [0.05, 0.1) is 26.4 Å². The van der Waals surface area contributed by atoms with Crippen molar-refractivity contribution < 1.29 is 75.8 Å². The topological polar surface area (TPSA) is 231 Å². The largest absolute Gasteiger partial charge is 0.472 e. The molecule has 0 fully saturated rings. The van der Waals surface area contributed by atoms with E-state index in [1.807, 2.05) is 0 Å². The minimum atomic E-state index is -4.94. The van der Waals surface area contributed by atoms with Crippen LogP contribution in [0.1, 0.15) is 393 Å². The van der Waals surface area contributed by atoms with Crippen LogP contribution in [-0.2, 0) is 55.8 Å². The van der Waals surface area contributed by atoms with Crippen LogP contribution >= 0.6 is 15.6 Å². The molecule has 0 radical (unpaired) electrons. The predicted octanol–water partition coefficient (Wildman–Crippen LogP) is 28.3. The number of carbonyl (C=O) groups is 3. The zero-order valence-corrected chi connectivity index (χ0v) is 74.7. The summed E-state index contributed by atoms with van der Waals surface area (Å²) in [6, 6.07) is 0. The van der Waals surface area contributed by atoms with Crippen LogP contribution in [-0.4, -0.2) is 95.9 Å². The van der Waals surface area contributed by atoms with Crippen molar-refractivity contribution in [3.63, 3.8) is 0 Å². The van der Waals surface area contributed by atoms with E-state index in [0.29, 0.717) is 19.3 Å². The van der Waals surface area contributed by atoms with Gasteiger partial charge in [0, 0.05) is 19.3 Å². The Balaban J connectivity index is 4.43. The van der Waals surface area contributed by atoms with Crippen LogP contribution in [0.25, 0.3) is 0 Å². The number of carbonyl (C=O) groups excluding carboxylic acids is 3. The minimum Gasteiger partial charge on any atom is -0.463 e. The molecule has 0 amide bonds. The number of phosphoric acid groups is 2. The fraction of sp³-hybridized carbons (Fsp3) is 0.722. The van der Waals surface area contributed by atoms with Crippen molar-refractivity contribution in [1.29, 1.82) is 0 Å². The monoisotopic (exact) mass is 1650 g/mol. The number of hydrogen-bond acceptors (Lipinski definition) is 14. The van der Waals surface area contributed by atoms with Crippen molar-refractivity contribution >= 4 is 33.6 Å². The zero-order valence-electron chi connectivity index (χ0n) is 72.9. The molecule has 16 nitrogen and oxygen atoms in total. The molecule has 0 aromatic carbocycles. The molecule has 0 rings (SSSR count). The fourth-order valence-corrected chi connectivity index (χ4v) is 14.2. The van der Waals surface area contributed by atoms with Crippen molar-refractivity contribution in [2.24, 2.45) is 0 Å². The van der Waals surface area contributed by atoms with Crippen molar-refractivity contribution in [2.75, 3.05) is 39.6 Å². The summed E-state index contributed by atoms with van der Waals surface area (Å²) in [5.41, 5.74) is 0. The number of allylic oxidation sites excluding steroid dienone is 24. The summed E-state index contributed by atoms with van der Waals surface area (Å²) < 4.78 is 61.4. The number of ether oxygens (including phenoxy) is 3. The quantitative estimate of drug-likeness (QED) is 0.0146. The van der Waals surface area contributed by atoms with Gasteiger partial charge in [-0.15, -0.1) is 0 Å². The summed E-state index contributed by atoms with van der Waals surface area (Å²) in [6.07, 6.45) is 112. The minimum absolute atomic E-state index is 0.0928. The lowest BCUT2D eigenvalue weighted by atomic mass is 10.0. The summed E-state index contributed by atoms with van der Waals surface area (Å²) in [5.74, 6) is -1.58. The third-order valence-corrected chi connectivity index (χ3v) is 21.4. The molecular formula is C97H168O16P2. The molecule has 4 N–H and O–H groups in total. The molecule has 662 valence electrons. The SMILES string of the molecule is CC/C=C\C/C=C\C/C=C\C/C=C\C/C=C\C/C=C\CCCCCCCCCCCCC(=O)OCC(COP(=O)(O)OCC(O)COP(=O)(O)OCC(O)COC(=O)CCCCCCCCCCCCCCCCCCCCC/C=C\C/C=C\C/C=C\C/C=C\C/C=C\CC)OC(=O)CCCCCCC/C=C\CCCCCCCC. The maximum Gasteiger partial charge on any atom is 0.472 e. The molecule has 5 unspecified atom stereocenters. The molecule has 0 bridgehead atoms. The van der Waals surface area contributed by atoms with E-state index < -0.39 is 91.5 Å². The zero-order chi connectivity index (χ0) is 83.6. The summed E-state index contributed by atoms with van der Waals surface area (Å²) in [5, 5.41) is 20.7. The number of hydrogen-bond donors (Lipinski definition) is 4. The molecular weight excluding hydrogens is 1480 g/mol.